The van der Waals surface area contributed by atoms with Gasteiger partial charge in [-0.15, -0.1) is 23.5 Å². The largest absolute Gasteiger partial charge is 0.452 e. The Labute approximate surface area is 202 Å². The molecule has 3 aromatic rings. The lowest BCUT2D eigenvalue weighted by atomic mass is 10.2. The molecule has 0 bridgehead atoms. The molecule has 0 unspecified atom stereocenters. The van der Waals surface area contributed by atoms with Crippen molar-refractivity contribution >= 4 is 37.2 Å². The fourth-order valence-electron chi connectivity index (χ4n) is 2.76. The summed E-state index contributed by atoms with van der Waals surface area (Å²) in [5.41, 5.74) is 0.846. The molecule has 0 fully saturated rings. The summed E-state index contributed by atoms with van der Waals surface area (Å²) in [5, 5.41) is 2.59. The van der Waals surface area contributed by atoms with Crippen molar-refractivity contribution in [3.63, 3.8) is 0 Å². The molecule has 0 saturated carbocycles. The highest BCUT2D eigenvalue weighted by atomic mass is 32.2. The summed E-state index contributed by atoms with van der Waals surface area (Å²) in [6.45, 7) is 1.66. The minimum Gasteiger partial charge on any atom is -0.445 e. The van der Waals surface area contributed by atoms with Gasteiger partial charge < -0.3 is 19.1 Å². The quantitative estimate of drug-likeness (QED) is 0.235. The highest BCUT2D eigenvalue weighted by Gasteiger charge is 2.38. The van der Waals surface area contributed by atoms with E-state index in [4.69, 9.17) is 13.8 Å². The van der Waals surface area contributed by atoms with Crippen LogP contribution in [0.25, 0.3) is 0 Å². The Kier molecular flexibility index (Phi) is 9.18. The van der Waals surface area contributed by atoms with Crippen LogP contribution in [-0.2, 0) is 15.9 Å². The monoisotopic (exact) mass is 503 g/mol. The minimum absolute atomic E-state index is 0.0949. The van der Waals surface area contributed by atoms with Crippen LogP contribution in [0.1, 0.15) is 12.5 Å². The number of amides is 1. The van der Waals surface area contributed by atoms with Crippen LogP contribution in [0.4, 0.5) is 4.79 Å². The predicted octanol–water partition coefficient (Wildman–Crippen LogP) is 7.05. The summed E-state index contributed by atoms with van der Waals surface area (Å²) < 4.78 is 30.8. The molecule has 0 saturated heterocycles. The van der Waals surface area contributed by atoms with Gasteiger partial charge in [0.05, 0.1) is 0 Å². The number of hydrogen-bond donors (Lipinski definition) is 1. The Morgan fingerprint density at radius 3 is 1.79 bits per heavy atom. The van der Waals surface area contributed by atoms with Crippen molar-refractivity contribution in [3.05, 3.63) is 84.4 Å². The van der Waals surface area contributed by atoms with E-state index in [9.17, 15) is 9.36 Å². The molecular weight excluding hydrogens is 477 g/mol. The fraction of sp³-hybridized carbons (Fsp3) is 0.208. The summed E-state index contributed by atoms with van der Waals surface area (Å²) in [5.74, 6) is -0.215. The second kappa shape index (κ2) is 12.1. The average Bonchev–Trinajstić information content (AvgIpc) is 2.84. The zero-order valence-corrected chi connectivity index (χ0v) is 21.1. The van der Waals surface area contributed by atoms with Crippen LogP contribution >= 0.6 is 31.1 Å². The van der Waals surface area contributed by atoms with Gasteiger partial charge in [-0.25, -0.2) is 9.36 Å². The minimum atomic E-state index is -3.88. The molecule has 0 aliphatic heterocycles. The van der Waals surface area contributed by atoms with Crippen LogP contribution in [0.15, 0.2) is 88.7 Å². The van der Waals surface area contributed by atoms with E-state index in [0.29, 0.717) is 11.5 Å². The Balaban J connectivity index is 1.74. The first-order valence-corrected chi connectivity index (χ1v) is 14.2. The number of hydrogen-bond acceptors (Lipinski definition) is 7. The maximum Gasteiger partial charge on any atom is 0.452 e. The van der Waals surface area contributed by atoms with Crippen LogP contribution in [-0.4, -0.2) is 24.4 Å². The van der Waals surface area contributed by atoms with E-state index in [0.717, 1.165) is 15.4 Å². The van der Waals surface area contributed by atoms with E-state index >= 15 is 0 Å². The third kappa shape index (κ3) is 7.49. The van der Waals surface area contributed by atoms with Crippen molar-refractivity contribution in [2.45, 2.75) is 29.1 Å². The average molecular weight is 504 g/mol. The molecule has 174 valence electrons. The lowest BCUT2D eigenvalue weighted by Crippen LogP contribution is -2.35. The Bertz CT molecular complexity index is 1020. The zero-order chi connectivity index (χ0) is 23.7. The number of benzene rings is 3. The molecule has 3 rings (SSSR count). The Morgan fingerprint density at radius 2 is 1.33 bits per heavy atom. The topological polar surface area (TPSA) is 73.9 Å². The molecule has 9 heteroatoms. The van der Waals surface area contributed by atoms with Gasteiger partial charge in [0.25, 0.3) is 0 Å². The van der Waals surface area contributed by atoms with Crippen molar-refractivity contribution in [1.29, 1.82) is 0 Å². The molecule has 0 spiro atoms. The van der Waals surface area contributed by atoms with E-state index in [2.05, 4.69) is 5.32 Å². The van der Waals surface area contributed by atoms with Gasteiger partial charge in [0.1, 0.15) is 18.1 Å². The Morgan fingerprint density at radius 1 is 0.848 bits per heavy atom. The van der Waals surface area contributed by atoms with Gasteiger partial charge in [0.2, 0.25) is 0 Å². The van der Waals surface area contributed by atoms with Crippen molar-refractivity contribution in [2.75, 3.05) is 12.5 Å². The van der Waals surface area contributed by atoms with E-state index in [1.807, 2.05) is 67.1 Å². The van der Waals surface area contributed by atoms with Crippen molar-refractivity contribution in [1.82, 2.24) is 5.32 Å². The van der Waals surface area contributed by atoms with E-state index in [1.54, 1.807) is 54.7 Å². The lowest BCUT2D eigenvalue weighted by molar-refractivity contribution is 0.138. The first-order valence-electron chi connectivity index (χ1n) is 10.2. The smallest absolute Gasteiger partial charge is 0.445 e. The normalized spacial score (nSPS) is 12.0. The standard InChI is InChI=1S/C24H26NO5PS2/c1-18(25-24(26)28-17-19-7-5-4-6-8-19)31(27,29-20-9-13-22(32-2)14-10-20)30-21-11-15-23(33-3)16-12-21/h4-16,18H,17H2,1-3H3,(H,25,26)/t18-/m0/s1. The number of ether oxygens (including phenoxy) is 1. The summed E-state index contributed by atoms with van der Waals surface area (Å²) >= 11 is 3.18. The number of nitrogens with one attached hydrogen (secondary N) is 1. The molecule has 1 amide bonds. The fourth-order valence-corrected chi connectivity index (χ4v) is 5.02. The third-order valence-electron chi connectivity index (χ3n) is 4.60. The molecular formula is C24H26NO5PS2. The molecule has 0 aromatic heterocycles. The van der Waals surface area contributed by atoms with Crippen molar-refractivity contribution in [3.8, 4) is 11.5 Å². The van der Waals surface area contributed by atoms with Crippen LogP contribution in [0.2, 0.25) is 0 Å². The maximum atomic E-state index is 13.8. The zero-order valence-electron chi connectivity index (χ0n) is 18.6. The summed E-state index contributed by atoms with van der Waals surface area (Å²) in [7, 11) is -3.88. The number of rotatable bonds is 10. The number of alkyl carbamates (subject to hydrolysis) is 1. The van der Waals surface area contributed by atoms with Gasteiger partial charge in [-0.3, -0.25) is 0 Å². The van der Waals surface area contributed by atoms with E-state index in [1.165, 1.54) is 0 Å². The van der Waals surface area contributed by atoms with Gasteiger partial charge in [-0.2, -0.15) is 0 Å². The molecule has 1 N–H and O–H groups in total. The lowest BCUT2D eigenvalue weighted by Gasteiger charge is -2.25. The molecule has 0 aliphatic rings. The third-order valence-corrected chi connectivity index (χ3v) is 8.09. The van der Waals surface area contributed by atoms with Gasteiger partial charge in [0.15, 0.2) is 5.78 Å². The van der Waals surface area contributed by atoms with Crippen molar-refractivity contribution in [2.24, 2.45) is 0 Å². The molecule has 33 heavy (non-hydrogen) atoms. The summed E-state index contributed by atoms with van der Waals surface area (Å²) in [4.78, 5) is 14.5. The van der Waals surface area contributed by atoms with Gasteiger partial charge >= 0.3 is 13.7 Å². The van der Waals surface area contributed by atoms with Crippen LogP contribution in [0.3, 0.4) is 0 Å². The highest BCUT2D eigenvalue weighted by molar-refractivity contribution is 7.98. The summed E-state index contributed by atoms with van der Waals surface area (Å²) in [6, 6.07) is 23.7. The molecule has 3 aromatic carbocycles. The number of carbonyl (C=O) groups is 1. The van der Waals surface area contributed by atoms with Gasteiger partial charge in [-0.05, 0) is 73.5 Å². The molecule has 1 atom stereocenters. The second-order valence-electron chi connectivity index (χ2n) is 6.96. The van der Waals surface area contributed by atoms with Gasteiger partial charge in [0, 0.05) is 9.79 Å². The van der Waals surface area contributed by atoms with Crippen LogP contribution in [0.5, 0.6) is 11.5 Å². The number of thioether (sulfide) groups is 2. The first kappa shape index (κ1) is 25.1. The second-order valence-corrected chi connectivity index (χ2v) is 10.9. The first-order chi connectivity index (χ1) is 15.9. The van der Waals surface area contributed by atoms with E-state index < -0.39 is 19.5 Å². The summed E-state index contributed by atoms with van der Waals surface area (Å²) in [6.07, 6.45) is 3.22. The maximum absolute atomic E-state index is 13.8. The van der Waals surface area contributed by atoms with E-state index in [-0.39, 0.29) is 6.61 Å². The molecule has 0 radical (unpaired) electrons. The number of carbonyl (C=O) groups excluding carboxylic acids is 1. The Hall–Kier alpha value is -2.54. The molecule has 0 heterocycles. The van der Waals surface area contributed by atoms with Crippen LogP contribution in [0, 0.1) is 0 Å². The highest BCUT2D eigenvalue weighted by Crippen LogP contribution is 2.52. The van der Waals surface area contributed by atoms with Gasteiger partial charge in [-0.1, -0.05) is 30.3 Å². The SMILES string of the molecule is CSc1ccc(OP(=O)(Oc2ccc(SC)cc2)[C@@H](C)NC(=O)OCc2ccccc2)cc1. The van der Waals surface area contributed by atoms with Crippen LogP contribution < -0.4 is 14.4 Å². The molecule has 6 nitrogen and oxygen atoms in total. The molecule has 0 aliphatic carbocycles. The predicted molar refractivity (Wildman–Crippen MR) is 135 cm³/mol. The van der Waals surface area contributed by atoms with Crippen molar-refractivity contribution < 1.29 is 23.1 Å².